The quantitative estimate of drug-likeness (QED) is 0.864. The fourth-order valence-electron chi connectivity index (χ4n) is 4.62. The molecule has 3 atom stereocenters. The second-order valence-corrected chi connectivity index (χ2v) is 7.62. The zero-order valence-corrected chi connectivity index (χ0v) is 14.0. The van der Waals surface area contributed by atoms with Crippen molar-refractivity contribution in [2.24, 2.45) is 22.6 Å². The Morgan fingerprint density at radius 1 is 1.05 bits per heavy atom. The third kappa shape index (κ3) is 3.31. The van der Waals surface area contributed by atoms with E-state index in [4.69, 9.17) is 5.73 Å². The maximum atomic E-state index is 12.8. The summed E-state index contributed by atoms with van der Waals surface area (Å²) in [7, 11) is 0. The molecule has 2 saturated carbocycles. The van der Waals surface area contributed by atoms with Gasteiger partial charge in [0.25, 0.3) is 5.91 Å². The molecular formula is C18H31N3O. The fraction of sp³-hybridized carbons (Fsp3) is 0.889. The number of guanidine groups is 1. The van der Waals surface area contributed by atoms with E-state index < -0.39 is 0 Å². The van der Waals surface area contributed by atoms with Crippen LogP contribution in [0.25, 0.3) is 0 Å². The predicted molar refractivity (Wildman–Crippen MR) is 89.5 cm³/mol. The molecule has 1 aliphatic heterocycles. The molecule has 3 rings (SSSR count). The van der Waals surface area contributed by atoms with E-state index in [1.54, 1.807) is 0 Å². The van der Waals surface area contributed by atoms with Crippen LogP contribution in [0.2, 0.25) is 0 Å². The molecule has 4 heteroatoms. The smallest absolute Gasteiger partial charge is 0.254 e. The predicted octanol–water partition coefficient (Wildman–Crippen LogP) is 3.45. The van der Waals surface area contributed by atoms with Crippen molar-refractivity contribution in [2.75, 3.05) is 0 Å². The van der Waals surface area contributed by atoms with Crippen LogP contribution in [0.4, 0.5) is 0 Å². The second-order valence-electron chi connectivity index (χ2n) is 7.62. The number of carbonyl (C=O) groups is 1. The SMILES string of the molecule is CC1CCCCC1N1C(=O)C(CCC2CCCCC2)N=C1N. The van der Waals surface area contributed by atoms with Gasteiger partial charge in [-0.15, -0.1) is 0 Å². The Balaban J connectivity index is 1.57. The van der Waals surface area contributed by atoms with E-state index in [-0.39, 0.29) is 18.0 Å². The number of rotatable bonds is 4. The molecule has 3 unspecified atom stereocenters. The van der Waals surface area contributed by atoms with E-state index in [2.05, 4.69) is 11.9 Å². The molecule has 3 aliphatic rings. The van der Waals surface area contributed by atoms with E-state index >= 15 is 0 Å². The number of nitrogens with zero attached hydrogens (tertiary/aromatic N) is 2. The molecule has 1 heterocycles. The van der Waals surface area contributed by atoms with Crippen LogP contribution in [0.15, 0.2) is 4.99 Å². The maximum Gasteiger partial charge on any atom is 0.254 e. The zero-order valence-electron chi connectivity index (χ0n) is 14.0. The lowest BCUT2D eigenvalue weighted by Gasteiger charge is -2.35. The third-order valence-corrected chi connectivity index (χ3v) is 6.03. The van der Waals surface area contributed by atoms with E-state index in [1.165, 1.54) is 51.4 Å². The Kier molecular flexibility index (Phi) is 5.04. The average molecular weight is 305 g/mol. The highest BCUT2D eigenvalue weighted by molar-refractivity contribution is 6.04. The maximum absolute atomic E-state index is 12.8. The molecule has 0 saturated heterocycles. The standard InChI is InChI=1S/C18H31N3O/c1-13-7-5-6-10-16(13)21-17(22)15(20-18(21)19)12-11-14-8-3-2-4-9-14/h13-16H,2-12H2,1H3,(H2,19,20). The molecule has 0 spiro atoms. The van der Waals surface area contributed by atoms with Crippen LogP contribution in [0, 0.1) is 11.8 Å². The van der Waals surface area contributed by atoms with Gasteiger partial charge < -0.3 is 5.73 Å². The first-order chi connectivity index (χ1) is 10.7. The largest absolute Gasteiger partial charge is 0.369 e. The molecule has 2 aliphatic carbocycles. The number of amides is 1. The van der Waals surface area contributed by atoms with Crippen LogP contribution in [0.3, 0.4) is 0 Å². The van der Waals surface area contributed by atoms with Crippen molar-refractivity contribution < 1.29 is 4.79 Å². The number of hydrogen-bond donors (Lipinski definition) is 1. The summed E-state index contributed by atoms with van der Waals surface area (Å²) in [4.78, 5) is 19.1. The molecule has 4 nitrogen and oxygen atoms in total. The van der Waals surface area contributed by atoms with Gasteiger partial charge in [0.1, 0.15) is 6.04 Å². The van der Waals surface area contributed by atoms with Gasteiger partial charge in [0, 0.05) is 6.04 Å². The lowest BCUT2D eigenvalue weighted by molar-refractivity contribution is -0.130. The van der Waals surface area contributed by atoms with E-state index in [0.717, 1.165) is 25.2 Å². The third-order valence-electron chi connectivity index (χ3n) is 6.03. The summed E-state index contributed by atoms with van der Waals surface area (Å²) >= 11 is 0. The zero-order chi connectivity index (χ0) is 15.5. The molecule has 0 aromatic rings. The Hall–Kier alpha value is -1.06. The molecule has 0 aromatic heterocycles. The van der Waals surface area contributed by atoms with Gasteiger partial charge in [0.05, 0.1) is 0 Å². The summed E-state index contributed by atoms with van der Waals surface area (Å²) in [6, 6.07) is 0.0840. The van der Waals surface area contributed by atoms with E-state index in [9.17, 15) is 4.79 Å². The molecule has 0 radical (unpaired) electrons. The van der Waals surface area contributed by atoms with Gasteiger partial charge in [0.15, 0.2) is 5.96 Å². The van der Waals surface area contributed by atoms with Crippen LogP contribution in [-0.4, -0.2) is 28.9 Å². The Morgan fingerprint density at radius 2 is 1.73 bits per heavy atom. The fourth-order valence-corrected chi connectivity index (χ4v) is 4.62. The van der Waals surface area contributed by atoms with E-state index in [0.29, 0.717) is 11.9 Å². The highest BCUT2D eigenvalue weighted by atomic mass is 16.2. The van der Waals surface area contributed by atoms with Gasteiger partial charge in [-0.05, 0) is 37.5 Å². The van der Waals surface area contributed by atoms with Crippen LogP contribution < -0.4 is 5.73 Å². The van der Waals surface area contributed by atoms with Gasteiger partial charge in [-0.25, -0.2) is 4.99 Å². The van der Waals surface area contributed by atoms with Crippen LogP contribution in [0.5, 0.6) is 0 Å². The van der Waals surface area contributed by atoms with E-state index in [1.807, 2.05) is 4.90 Å². The molecular weight excluding hydrogens is 274 g/mol. The van der Waals surface area contributed by atoms with Gasteiger partial charge in [-0.2, -0.15) is 0 Å². The number of aliphatic imine (C=N–C) groups is 1. The van der Waals surface area contributed by atoms with Crippen molar-refractivity contribution in [3.05, 3.63) is 0 Å². The first kappa shape index (κ1) is 15.8. The second kappa shape index (κ2) is 7.01. The Labute approximate surface area is 134 Å². The van der Waals surface area contributed by atoms with Gasteiger partial charge in [-0.1, -0.05) is 51.9 Å². The van der Waals surface area contributed by atoms with Crippen LogP contribution in [-0.2, 0) is 4.79 Å². The monoisotopic (exact) mass is 305 g/mol. The molecule has 1 amide bonds. The summed E-state index contributed by atoms with van der Waals surface area (Å²) in [6.07, 6.45) is 13.6. The average Bonchev–Trinajstić information content (AvgIpc) is 2.81. The van der Waals surface area contributed by atoms with Crippen molar-refractivity contribution in [3.63, 3.8) is 0 Å². The number of carbonyl (C=O) groups excluding carboxylic acids is 1. The minimum Gasteiger partial charge on any atom is -0.369 e. The summed E-state index contributed by atoms with van der Waals surface area (Å²) < 4.78 is 0. The van der Waals surface area contributed by atoms with Crippen LogP contribution >= 0.6 is 0 Å². The lowest BCUT2D eigenvalue weighted by Crippen LogP contribution is -2.50. The molecule has 0 aromatic carbocycles. The molecule has 22 heavy (non-hydrogen) atoms. The first-order valence-electron chi connectivity index (χ1n) is 9.33. The van der Waals surface area contributed by atoms with Crippen molar-refractivity contribution in [1.82, 2.24) is 4.90 Å². The highest BCUT2D eigenvalue weighted by Crippen LogP contribution is 2.32. The summed E-state index contributed by atoms with van der Waals surface area (Å²) in [5.74, 6) is 2.01. The normalized spacial score (nSPS) is 34.0. The summed E-state index contributed by atoms with van der Waals surface area (Å²) in [5, 5.41) is 0. The number of nitrogens with two attached hydrogens (primary N) is 1. The van der Waals surface area contributed by atoms with Crippen molar-refractivity contribution in [2.45, 2.75) is 89.6 Å². The van der Waals surface area contributed by atoms with Crippen molar-refractivity contribution in [1.29, 1.82) is 0 Å². The van der Waals surface area contributed by atoms with Crippen molar-refractivity contribution in [3.8, 4) is 0 Å². The van der Waals surface area contributed by atoms with Gasteiger partial charge in [-0.3, -0.25) is 9.69 Å². The van der Waals surface area contributed by atoms with Gasteiger partial charge in [0.2, 0.25) is 0 Å². The highest BCUT2D eigenvalue weighted by Gasteiger charge is 2.40. The van der Waals surface area contributed by atoms with Crippen LogP contribution in [0.1, 0.15) is 77.6 Å². The summed E-state index contributed by atoms with van der Waals surface area (Å²) in [6.45, 7) is 2.25. The topological polar surface area (TPSA) is 58.7 Å². The molecule has 2 fully saturated rings. The molecule has 0 bridgehead atoms. The Bertz CT molecular complexity index is 428. The molecule has 124 valence electrons. The first-order valence-corrected chi connectivity index (χ1v) is 9.33. The van der Waals surface area contributed by atoms with Gasteiger partial charge >= 0.3 is 0 Å². The van der Waals surface area contributed by atoms with Crippen molar-refractivity contribution >= 4 is 11.9 Å². The molecule has 2 N–H and O–H groups in total. The Morgan fingerprint density at radius 3 is 2.45 bits per heavy atom. The summed E-state index contributed by atoms with van der Waals surface area (Å²) in [5.41, 5.74) is 6.12. The minimum atomic E-state index is -0.198. The lowest BCUT2D eigenvalue weighted by atomic mass is 9.84. The minimum absolute atomic E-state index is 0.173. The number of hydrogen-bond acceptors (Lipinski definition) is 3.